The number of hydrogen-bond acceptors (Lipinski definition) is 3. The number of hydrogen-bond donors (Lipinski definition) is 0. The van der Waals surface area contributed by atoms with Gasteiger partial charge in [0.2, 0.25) is 5.95 Å². The maximum Gasteiger partial charge on any atom is 0.234 e. The van der Waals surface area contributed by atoms with E-state index in [2.05, 4.69) is 46.8 Å². The highest BCUT2D eigenvalue weighted by molar-refractivity contribution is 9.10. The lowest BCUT2D eigenvalue weighted by Gasteiger charge is -1.97. The van der Waals surface area contributed by atoms with Gasteiger partial charge < -0.3 is 0 Å². The maximum absolute atomic E-state index is 7.65. The molecule has 66 valence electrons. The molecule has 0 unspecified atom stereocenters. The van der Waals surface area contributed by atoms with Crippen LogP contribution in [0.25, 0.3) is 5.95 Å². The highest BCUT2D eigenvalue weighted by Crippen LogP contribution is 2.10. The Hall–Kier alpha value is -0.750. The molecule has 0 atom stereocenters. The van der Waals surface area contributed by atoms with Gasteiger partial charge in [0.25, 0.3) is 0 Å². The van der Waals surface area contributed by atoms with Gasteiger partial charge in [-0.25, -0.2) is 15.0 Å². The molecular weight excluding hydrogens is 300 g/mol. The largest absolute Gasteiger partial charge is 0.273 e. The molecule has 0 spiro atoms. The fourth-order valence-corrected chi connectivity index (χ4v) is 1.21. The van der Waals surface area contributed by atoms with E-state index in [0.717, 1.165) is 4.47 Å². The standard InChI is InChI=1S/C7H4Br2N4/c8-5-1-10-7(11-2-5)13-3-6(9)12-4-13/h1-4H/i3D,4D. The van der Waals surface area contributed by atoms with Gasteiger partial charge in [0, 0.05) is 18.6 Å². The van der Waals surface area contributed by atoms with E-state index in [1.807, 2.05) is 0 Å². The highest BCUT2D eigenvalue weighted by atomic mass is 79.9. The van der Waals surface area contributed by atoms with Crippen molar-refractivity contribution < 1.29 is 2.74 Å². The summed E-state index contributed by atoms with van der Waals surface area (Å²) in [6.07, 6.45) is 3.08. The lowest BCUT2D eigenvalue weighted by molar-refractivity contribution is 0.921. The molecule has 13 heavy (non-hydrogen) atoms. The highest BCUT2D eigenvalue weighted by Gasteiger charge is 1.99. The van der Waals surface area contributed by atoms with Crippen LogP contribution < -0.4 is 0 Å². The number of nitrogens with zero attached hydrogens (tertiary/aromatic N) is 4. The molecular formula is C7H4Br2N4. The Balaban J connectivity index is 2.58. The van der Waals surface area contributed by atoms with Gasteiger partial charge in [0.05, 0.1) is 5.84 Å². The van der Waals surface area contributed by atoms with Crippen LogP contribution in [0.1, 0.15) is 2.74 Å². The van der Waals surface area contributed by atoms with E-state index in [4.69, 9.17) is 2.74 Å². The third-order valence-electron chi connectivity index (χ3n) is 1.26. The zero-order valence-electron chi connectivity index (χ0n) is 8.20. The predicted molar refractivity (Wildman–Crippen MR) is 54.6 cm³/mol. The van der Waals surface area contributed by atoms with Crippen LogP contribution in [0.2, 0.25) is 0 Å². The first-order valence-corrected chi connectivity index (χ1v) is 4.87. The third-order valence-corrected chi connectivity index (χ3v) is 2.02. The summed E-state index contributed by atoms with van der Waals surface area (Å²) >= 11 is 6.28. The second-order valence-corrected chi connectivity index (χ2v) is 3.82. The van der Waals surface area contributed by atoms with Crippen LogP contribution in [-0.4, -0.2) is 19.5 Å². The summed E-state index contributed by atoms with van der Waals surface area (Å²) < 4.78 is 17.5. The molecule has 0 N–H and O–H groups in total. The molecule has 0 aliphatic carbocycles. The first-order chi connectivity index (χ1) is 7.09. The quantitative estimate of drug-likeness (QED) is 0.811. The molecule has 0 radical (unpaired) electrons. The fraction of sp³-hybridized carbons (Fsp3) is 0. The zero-order chi connectivity index (χ0) is 11.0. The van der Waals surface area contributed by atoms with Crippen LogP contribution in [0, 0.1) is 0 Å². The van der Waals surface area contributed by atoms with Crippen LogP contribution in [-0.2, 0) is 0 Å². The molecule has 0 fully saturated rings. The summed E-state index contributed by atoms with van der Waals surface area (Å²) in [5.41, 5.74) is 0. The van der Waals surface area contributed by atoms with Crippen molar-refractivity contribution >= 4 is 31.9 Å². The molecule has 0 amide bonds. The lowest BCUT2D eigenvalue weighted by Crippen LogP contribution is -1.96. The number of aromatic nitrogens is 4. The summed E-state index contributed by atoms with van der Waals surface area (Å²) in [6.45, 7) is 0. The normalized spacial score (nSPS) is 12.5. The first kappa shape index (κ1) is 6.67. The Bertz CT molecular complexity index is 496. The van der Waals surface area contributed by atoms with Gasteiger partial charge in [-0.05, 0) is 31.9 Å². The molecule has 2 rings (SSSR count). The molecule has 6 heteroatoms. The third kappa shape index (κ3) is 1.94. The van der Waals surface area contributed by atoms with Crippen molar-refractivity contribution in [1.82, 2.24) is 19.5 Å². The van der Waals surface area contributed by atoms with E-state index in [9.17, 15) is 0 Å². The van der Waals surface area contributed by atoms with Crippen molar-refractivity contribution in [2.75, 3.05) is 0 Å². The second kappa shape index (κ2) is 3.55. The lowest BCUT2D eigenvalue weighted by atomic mass is 10.7. The molecule has 2 heterocycles. The van der Waals surface area contributed by atoms with Crippen molar-refractivity contribution in [3.8, 4) is 5.95 Å². The van der Waals surface area contributed by atoms with E-state index in [1.165, 1.54) is 4.57 Å². The molecule has 4 nitrogen and oxygen atoms in total. The average Bonchev–Trinajstić information content (AvgIpc) is 2.44. The van der Waals surface area contributed by atoms with Gasteiger partial charge in [0.1, 0.15) is 12.3 Å². The van der Waals surface area contributed by atoms with E-state index in [1.54, 1.807) is 12.4 Å². The summed E-state index contributed by atoms with van der Waals surface area (Å²) in [4.78, 5) is 11.8. The zero-order valence-corrected chi connectivity index (χ0v) is 9.37. The van der Waals surface area contributed by atoms with Gasteiger partial charge in [-0.3, -0.25) is 4.57 Å². The van der Waals surface area contributed by atoms with Crippen LogP contribution in [0.15, 0.2) is 33.9 Å². The minimum atomic E-state index is -0.0748. The van der Waals surface area contributed by atoms with Gasteiger partial charge in [-0.1, -0.05) is 0 Å². The van der Waals surface area contributed by atoms with Crippen LogP contribution in [0.4, 0.5) is 0 Å². The van der Waals surface area contributed by atoms with E-state index in [0.29, 0.717) is 4.60 Å². The summed E-state index contributed by atoms with van der Waals surface area (Å²) in [5.74, 6) is 0.256. The van der Waals surface area contributed by atoms with Crippen molar-refractivity contribution in [1.29, 1.82) is 0 Å². The van der Waals surface area contributed by atoms with Gasteiger partial charge in [-0.15, -0.1) is 0 Å². The number of halogens is 2. The van der Waals surface area contributed by atoms with E-state index < -0.39 is 0 Å². The van der Waals surface area contributed by atoms with Gasteiger partial charge in [0.15, 0.2) is 0 Å². The van der Waals surface area contributed by atoms with Gasteiger partial charge in [-0.2, -0.15) is 0 Å². The summed E-state index contributed by atoms with van der Waals surface area (Å²) in [5, 5.41) is 0. The van der Waals surface area contributed by atoms with Crippen molar-refractivity contribution in [2.24, 2.45) is 0 Å². The SMILES string of the molecule is [2H]c1nc(Br)c([2H])n1-c1ncc(Br)cn1. The Morgan fingerprint density at radius 2 is 1.92 bits per heavy atom. The maximum atomic E-state index is 7.65. The Morgan fingerprint density at radius 3 is 2.46 bits per heavy atom. The fourth-order valence-electron chi connectivity index (χ4n) is 0.752. The summed E-state index contributed by atoms with van der Waals surface area (Å²) in [7, 11) is 0. The first-order valence-electron chi connectivity index (χ1n) is 4.29. The van der Waals surface area contributed by atoms with Crippen LogP contribution in [0.5, 0.6) is 0 Å². The monoisotopic (exact) mass is 304 g/mol. The number of rotatable bonds is 1. The van der Waals surface area contributed by atoms with Crippen molar-refractivity contribution in [3.05, 3.63) is 33.9 Å². The van der Waals surface area contributed by atoms with Crippen LogP contribution >= 0.6 is 31.9 Å². The predicted octanol–water partition coefficient (Wildman–Crippen LogP) is 2.19. The molecule has 2 aromatic heterocycles. The van der Waals surface area contributed by atoms with Crippen molar-refractivity contribution in [3.63, 3.8) is 0 Å². The Labute approximate surface area is 94.1 Å². The molecule has 2 aromatic rings. The Kier molecular flexibility index (Phi) is 1.82. The summed E-state index contributed by atoms with van der Waals surface area (Å²) in [6, 6.07) is 0. The second-order valence-electron chi connectivity index (χ2n) is 2.15. The smallest absolute Gasteiger partial charge is 0.234 e. The molecule has 0 aromatic carbocycles. The molecule has 0 bridgehead atoms. The average molecular weight is 306 g/mol. The topological polar surface area (TPSA) is 43.6 Å². The van der Waals surface area contributed by atoms with E-state index >= 15 is 0 Å². The van der Waals surface area contributed by atoms with Gasteiger partial charge >= 0.3 is 0 Å². The minimum absolute atomic E-state index is 0.0577. The number of imidazole rings is 1. The van der Waals surface area contributed by atoms with E-state index in [-0.39, 0.29) is 18.4 Å². The van der Waals surface area contributed by atoms with Crippen LogP contribution in [0.3, 0.4) is 0 Å². The molecule has 0 saturated heterocycles. The molecule has 0 aliphatic rings. The molecule has 0 saturated carbocycles. The van der Waals surface area contributed by atoms with Crippen molar-refractivity contribution in [2.45, 2.75) is 0 Å². The minimum Gasteiger partial charge on any atom is -0.273 e. The molecule has 0 aliphatic heterocycles. The Morgan fingerprint density at radius 1 is 1.23 bits per heavy atom.